The van der Waals surface area contributed by atoms with Gasteiger partial charge < -0.3 is 5.32 Å². The fraction of sp³-hybridized carbons (Fsp3) is 0.571. The van der Waals surface area contributed by atoms with Gasteiger partial charge in [0, 0.05) is 16.6 Å². The molecular weight excluding hydrogens is 237 g/mol. The summed E-state index contributed by atoms with van der Waals surface area (Å²) >= 11 is 6.02. The summed E-state index contributed by atoms with van der Waals surface area (Å²) in [6.45, 7) is 3.09. The smallest absolute Gasteiger partial charge is 0.127 e. The summed E-state index contributed by atoms with van der Waals surface area (Å²) in [5.41, 5.74) is 0.665. The van der Waals surface area contributed by atoms with Gasteiger partial charge >= 0.3 is 0 Å². The van der Waals surface area contributed by atoms with E-state index < -0.39 is 0 Å². The lowest BCUT2D eigenvalue weighted by atomic mass is 10.0. The molecule has 1 nitrogen and oxygen atoms in total. The molecule has 0 aromatic heterocycles. The number of rotatable bonds is 6. The minimum atomic E-state index is -0.177. The van der Waals surface area contributed by atoms with Crippen molar-refractivity contribution < 1.29 is 4.39 Å². The van der Waals surface area contributed by atoms with Crippen molar-refractivity contribution in [2.24, 2.45) is 5.92 Å². The third kappa shape index (κ3) is 3.43. The highest BCUT2D eigenvalue weighted by atomic mass is 35.5. The summed E-state index contributed by atoms with van der Waals surface area (Å²) in [5, 5.41) is 4.04. The van der Waals surface area contributed by atoms with Crippen molar-refractivity contribution in [3.05, 3.63) is 34.6 Å². The molecule has 1 unspecified atom stereocenters. The molecule has 1 aliphatic carbocycles. The lowest BCUT2D eigenvalue weighted by Crippen LogP contribution is -2.31. The van der Waals surface area contributed by atoms with Crippen LogP contribution < -0.4 is 5.32 Å². The van der Waals surface area contributed by atoms with Gasteiger partial charge in [0.05, 0.1) is 0 Å². The molecule has 0 heterocycles. The molecule has 1 aliphatic rings. The molecule has 0 radical (unpaired) electrons. The average Bonchev–Trinajstić information content (AvgIpc) is 3.10. The number of nitrogens with one attached hydrogen (secondary N) is 1. The Labute approximate surface area is 107 Å². The lowest BCUT2D eigenvalue weighted by Gasteiger charge is -2.17. The van der Waals surface area contributed by atoms with Gasteiger partial charge in [-0.05, 0) is 50.3 Å². The van der Waals surface area contributed by atoms with E-state index in [1.807, 2.05) is 0 Å². The normalized spacial score (nSPS) is 17.1. The highest BCUT2D eigenvalue weighted by molar-refractivity contribution is 6.31. The van der Waals surface area contributed by atoms with Crippen LogP contribution in [0.2, 0.25) is 5.02 Å². The maximum Gasteiger partial charge on any atom is 0.127 e. The van der Waals surface area contributed by atoms with Crippen molar-refractivity contribution in [1.82, 2.24) is 5.32 Å². The Balaban J connectivity index is 1.95. The van der Waals surface area contributed by atoms with Crippen LogP contribution in [-0.4, -0.2) is 12.6 Å². The van der Waals surface area contributed by atoms with Crippen molar-refractivity contribution in [1.29, 1.82) is 0 Å². The van der Waals surface area contributed by atoms with Gasteiger partial charge in [-0.15, -0.1) is 0 Å². The Morgan fingerprint density at radius 3 is 2.82 bits per heavy atom. The van der Waals surface area contributed by atoms with E-state index in [2.05, 4.69) is 12.2 Å². The molecular formula is C14H19ClFN. The molecule has 0 saturated heterocycles. The number of hydrogen-bond donors (Lipinski definition) is 1. The predicted molar refractivity (Wildman–Crippen MR) is 69.9 cm³/mol. The van der Waals surface area contributed by atoms with Crippen LogP contribution in [0.1, 0.15) is 31.7 Å². The zero-order valence-corrected chi connectivity index (χ0v) is 10.9. The lowest BCUT2D eigenvalue weighted by molar-refractivity contribution is 0.442. The molecule has 94 valence electrons. The Kier molecular flexibility index (Phi) is 4.41. The van der Waals surface area contributed by atoms with E-state index in [0.29, 0.717) is 16.6 Å². The molecule has 2 rings (SSSR count). The number of hydrogen-bond acceptors (Lipinski definition) is 1. The minimum Gasteiger partial charge on any atom is -0.314 e. The molecule has 1 aromatic carbocycles. The van der Waals surface area contributed by atoms with Crippen molar-refractivity contribution in [3.8, 4) is 0 Å². The molecule has 1 fully saturated rings. The maximum atomic E-state index is 13.6. The van der Waals surface area contributed by atoms with Crippen LogP contribution >= 0.6 is 11.6 Å². The summed E-state index contributed by atoms with van der Waals surface area (Å²) in [5.74, 6) is 0.615. The molecule has 1 N–H and O–H groups in total. The quantitative estimate of drug-likeness (QED) is 0.815. The van der Waals surface area contributed by atoms with Crippen LogP contribution in [0.5, 0.6) is 0 Å². The second-order valence-electron chi connectivity index (χ2n) is 4.74. The first-order valence-corrected chi connectivity index (χ1v) is 6.76. The Bertz CT molecular complexity index is 356. The SMILES string of the molecule is CCNC(CCc1c(F)cccc1Cl)C1CC1. The van der Waals surface area contributed by atoms with Crippen LogP contribution in [-0.2, 0) is 6.42 Å². The zero-order valence-electron chi connectivity index (χ0n) is 10.2. The van der Waals surface area contributed by atoms with E-state index in [1.165, 1.54) is 18.9 Å². The molecule has 17 heavy (non-hydrogen) atoms. The molecule has 0 bridgehead atoms. The fourth-order valence-electron chi connectivity index (χ4n) is 2.34. The van der Waals surface area contributed by atoms with Crippen LogP contribution in [0, 0.1) is 11.7 Å². The second kappa shape index (κ2) is 5.83. The molecule has 0 aliphatic heterocycles. The molecule has 0 amide bonds. The van der Waals surface area contributed by atoms with Crippen molar-refractivity contribution in [3.63, 3.8) is 0 Å². The summed E-state index contributed by atoms with van der Waals surface area (Å²) in [6, 6.07) is 5.43. The average molecular weight is 256 g/mol. The monoisotopic (exact) mass is 255 g/mol. The topological polar surface area (TPSA) is 12.0 Å². The van der Waals surface area contributed by atoms with Crippen LogP contribution in [0.3, 0.4) is 0 Å². The van der Waals surface area contributed by atoms with Crippen molar-refractivity contribution in [2.45, 2.75) is 38.6 Å². The minimum absolute atomic E-state index is 0.177. The summed E-state index contributed by atoms with van der Waals surface area (Å²) in [4.78, 5) is 0. The molecule has 1 saturated carbocycles. The maximum absolute atomic E-state index is 13.6. The van der Waals surface area contributed by atoms with Gasteiger partial charge in [-0.25, -0.2) is 4.39 Å². The largest absolute Gasteiger partial charge is 0.314 e. The third-order valence-electron chi connectivity index (χ3n) is 3.42. The van der Waals surface area contributed by atoms with Gasteiger partial charge in [-0.1, -0.05) is 24.6 Å². The van der Waals surface area contributed by atoms with Gasteiger partial charge in [0.1, 0.15) is 5.82 Å². The first kappa shape index (κ1) is 12.8. The van der Waals surface area contributed by atoms with Gasteiger partial charge in [-0.2, -0.15) is 0 Å². The molecule has 1 atom stereocenters. The van der Waals surface area contributed by atoms with Gasteiger partial charge in [0.2, 0.25) is 0 Å². The molecule has 3 heteroatoms. The summed E-state index contributed by atoms with van der Waals surface area (Å²) < 4.78 is 13.6. The predicted octanol–water partition coefficient (Wildman–Crippen LogP) is 3.80. The van der Waals surface area contributed by atoms with E-state index >= 15 is 0 Å². The number of benzene rings is 1. The highest BCUT2D eigenvalue weighted by Gasteiger charge is 2.30. The highest BCUT2D eigenvalue weighted by Crippen LogP contribution is 2.35. The van der Waals surface area contributed by atoms with Gasteiger partial charge in [0.15, 0.2) is 0 Å². The van der Waals surface area contributed by atoms with Gasteiger partial charge in [0.25, 0.3) is 0 Å². The van der Waals surface area contributed by atoms with E-state index in [0.717, 1.165) is 25.3 Å². The van der Waals surface area contributed by atoms with Crippen molar-refractivity contribution in [2.75, 3.05) is 6.54 Å². The Morgan fingerprint density at radius 2 is 2.24 bits per heavy atom. The second-order valence-corrected chi connectivity index (χ2v) is 5.15. The summed E-state index contributed by atoms with van der Waals surface area (Å²) in [7, 11) is 0. The summed E-state index contributed by atoms with van der Waals surface area (Å²) in [6.07, 6.45) is 4.31. The van der Waals surface area contributed by atoms with Gasteiger partial charge in [-0.3, -0.25) is 0 Å². The van der Waals surface area contributed by atoms with Crippen molar-refractivity contribution >= 4 is 11.6 Å². The van der Waals surface area contributed by atoms with E-state index in [4.69, 9.17) is 11.6 Å². The van der Waals surface area contributed by atoms with E-state index in [1.54, 1.807) is 12.1 Å². The first-order chi connectivity index (χ1) is 8.22. The Hall–Kier alpha value is -0.600. The fourth-order valence-corrected chi connectivity index (χ4v) is 2.59. The van der Waals surface area contributed by atoms with Crippen LogP contribution in [0.25, 0.3) is 0 Å². The standard InChI is InChI=1S/C14H19ClFN/c1-2-17-14(10-6-7-10)9-8-11-12(15)4-3-5-13(11)16/h3-5,10,14,17H,2,6-9H2,1H3. The molecule has 1 aromatic rings. The van der Waals surface area contributed by atoms with Crippen LogP contribution in [0.15, 0.2) is 18.2 Å². The van der Waals surface area contributed by atoms with E-state index in [-0.39, 0.29) is 5.82 Å². The third-order valence-corrected chi connectivity index (χ3v) is 3.78. The van der Waals surface area contributed by atoms with Crippen LogP contribution in [0.4, 0.5) is 4.39 Å². The number of halogens is 2. The van der Waals surface area contributed by atoms with E-state index in [9.17, 15) is 4.39 Å². The molecule has 0 spiro atoms. The Morgan fingerprint density at radius 1 is 1.47 bits per heavy atom. The zero-order chi connectivity index (χ0) is 12.3. The first-order valence-electron chi connectivity index (χ1n) is 6.38.